The first-order chi connectivity index (χ1) is 6.66. The molecule has 1 atom stereocenters. The second-order valence-corrected chi connectivity index (χ2v) is 3.54. The maximum atomic E-state index is 11.2. The van der Waals surface area contributed by atoms with Crippen molar-refractivity contribution in [3.05, 3.63) is 34.9 Å². The monoisotopic (exact) mass is 210 g/mol. The Bertz CT molecular complexity index is 383. The fraction of sp³-hybridized carbons (Fsp3) is 0.200. The van der Waals surface area contributed by atoms with Gasteiger partial charge in [-0.15, -0.1) is 0 Å². The molecular formula is C10H7ClO3. The molecule has 0 unspecified atom stereocenters. The fourth-order valence-electron chi connectivity index (χ4n) is 1.42. The number of esters is 2. The van der Waals surface area contributed by atoms with Crippen LogP contribution in [0.4, 0.5) is 0 Å². The molecule has 0 bridgehead atoms. The van der Waals surface area contributed by atoms with Crippen molar-refractivity contribution in [3.63, 3.8) is 0 Å². The molecule has 3 nitrogen and oxygen atoms in total. The predicted octanol–water partition coefficient (Wildman–Crippen LogP) is 1.90. The first kappa shape index (κ1) is 9.21. The number of benzene rings is 1. The molecule has 4 heteroatoms. The lowest BCUT2D eigenvalue weighted by atomic mass is 9.98. The van der Waals surface area contributed by atoms with E-state index in [-0.39, 0.29) is 6.42 Å². The van der Waals surface area contributed by atoms with Gasteiger partial charge >= 0.3 is 11.9 Å². The Balaban J connectivity index is 2.27. The summed E-state index contributed by atoms with van der Waals surface area (Å²) in [5, 5.41) is 0.603. The number of rotatable bonds is 1. The lowest BCUT2D eigenvalue weighted by Crippen LogP contribution is -2.05. The standard InChI is InChI=1S/C10H7ClO3/c11-7-3-1-6(2-4-7)8-5-9(12)14-10(8)13/h1-4,8H,5H2/t8-/m0/s1. The van der Waals surface area contributed by atoms with Gasteiger partial charge in [-0.25, -0.2) is 0 Å². The summed E-state index contributed by atoms with van der Waals surface area (Å²) in [4.78, 5) is 22.0. The van der Waals surface area contributed by atoms with E-state index in [1.165, 1.54) is 0 Å². The molecule has 1 aromatic carbocycles. The molecule has 1 heterocycles. The van der Waals surface area contributed by atoms with Crippen molar-refractivity contribution in [1.82, 2.24) is 0 Å². The molecule has 0 N–H and O–H groups in total. The first-order valence-electron chi connectivity index (χ1n) is 4.17. The number of cyclic esters (lactones) is 2. The molecule has 72 valence electrons. The third-order valence-corrected chi connectivity index (χ3v) is 2.39. The van der Waals surface area contributed by atoms with Gasteiger partial charge in [0.05, 0.1) is 12.3 Å². The maximum absolute atomic E-state index is 11.2. The van der Waals surface area contributed by atoms with Crippen molar-refractivity contribution in [1.29, 1.82) is 0 Å². The van der Waals surface area contributed by atoms with Crippen LogP contribution in [0.1, 0.15) is 17.9 Å². The number of carbonyl (C=O) groups is 2. The minimum atomic E-state index is -0.475. The van der Waals surface area contributed by atoms with Crippen LogP contribution in [0.25, 0.3) is 0 Å². The Morgan fingerprint density at radius 2 is 1.86 bits per heavy atom. The molecule has 1 aliphatic rings. The van der Waals surface area contributed by atoms with Crippen LogP contribution in [0.2, 0.25) is 5.02 Å². The van der Waals surface area contributed by atoms with Crippen LogP contribution < -0.4 is 0 Å². The van der Waals surface area contributed by atoms with Crippen LogP contribution in [-0.2, 0) is 14.3 Å². The smallest absolute Gasteiger partial charge is 0.321 e. The van der Waals surface area contributed by atoms with Gasteiger partial charge in [0.1, 0.15) is 0 Å². The van der Waals surface area contributed by atoms with Crippen LogP contribution in [0.5, 0.6) is 0 Å². The fourth-order valence-corrected chi connectivity index (χ4v) is 1.55. The molecule has 0 saturated carbocycles. The van der Waals surface area contributed by atoms with Gasteiger partial charge in [0, 0.05) is 5.02 Å². The highest BCUT2D eigenvalue weighted by Gasteiger charge is 2.34. The molecular weight excluding hydrogens is 204 g/mol. The molecule has 1 aliphatic heterocycles. The molecule has 1 saturated heterocycles. The Kier molecular flexibility index (Phi) is 2.25. The van der Waals surface area contributed by atoms with Gasteiger partial charge in [-0.05, 0) is 17.7 Å². The minimum Gasteiger partial charge on any atom is -0.393 e. The zero-order chi connectivity index (χ0) is 10.1. The van der Waals surface area contributed by atoms with E-state index < -0.39 is 17.9 Å². The summed E-state index contributed by atoms with van der Waals surface area (Å²) >= 11 is 5.70. The zero-order valence-corrected chi connectivity index (χ0v) is 7.95. The first-order valence-corrected chi connectivity index (χ1v) is 4.54. The Labute approximate surface area is 85.6 Å². The molecule has 0 aromatic heterocycles. The molecule has 0 aliphatic carbocycles. The lowest BCUT2D eigenvalue weighted by molar-refractivity contribution is -0.152. The minimum absolute atomic E-state index is 0.125. The Morgan fingerprint density at radius 3 is 2.36 bits per heavy atom. The maximum Gasteiger partial charge on any atom is 0.321 e. The van der Waals surface area contributed by atoms with Crippen molar-refractivity contribution in [2.24, 2.45) is 0 Å². The lowest BCUT2D eigenvalue weighted by Gasteiger charge is -2.03. The molecule has 2 rings (SSSR count). The number of carbonyl (C=O) groups excluding carboxylic acids is 2. The Hall–Kier alpha value is -1.35. The number of hydrogen-bond acceptors (Lipinski definition) is 3. The van der Waals surface area contributed by atoms with Crippen molar-refractivity contribution in [2.45, 2.75) is 12.3 Å². The predicted molar refractivity (Wildman–Crippen MR) is 49.9 cm³/mol. The molecule has 1 fully saturated rings. The van der Waals surface area contributed by atoms with Crippen LogP contribution in [0.3, 0.4) is 0 Å². The van der Waals surface area contributed by atoms with E-state index in [1.807, 2.05) is 0 Å². The highest BCUT2D eigenvalue weighted by molar-refractivity contribution is 6.30. The zero-order valence-electron chi connectivity index (χ0n) is 7.20. The van der Waals surface area contributed by atoms with E-state index in [0.29, 0.717) is 5.02 Å². The summed E-state index contributed by atoms with van der Waals surface area (Å²) in [5.74, 6) is -1.40. The topological polar surface area (TPSA) is 43.4 Å². The molecule has 1 aromatic rings. The number of ether oxygens (including phenoxy) is 1. The largest absolute Gasteiger partial charge is 0.393 e. The number of hydrogen-bond donors (Lipinski definition) is 0. The average Bonchev–Trinajstić information content (AvgIpc) is 2.47. The quantitative estimate of drug-likeness (QED) is 0.525. The SMILES string of the molecule is O=C1C[C@@H](c2ccc(Cl)cc2)C(=O)O1. The van der Waals surface area contributed by atoms with Crippen LogP contribution in [0.15, 0.2) is 24.3 Å². The van der Waals surface area contributed by atoms with Gasteiger partial charge in [-0.1, -0.05) is 23.7 Å². The second-order valence-electron chi connectivity index (χ2n) is 3.10. The van der Waals surface area contributed by atoms with Crippen molar-refractivity contribution >= 4 is 23.5 Å². The van der Waals surface area contributed by atoms with E-state index in [2.05, 4.69) is 4.74 Å². The average molecular weight is 211 g/mol. The van der Waals surface area contributed by atoms with E-state index in [4.69, 9.17) is 11.6 Å². The summed E-state index contributed by atoms with van der Waals surface area (Å²) < 4.78 is 4.45. The third-order valence-electron chi connectivity index (χ3n) is 2.14. The molecule has 0 radical (unpaired) electrons. The van der Waals surface area contributed by atoms with Gasteiger partial charge in [0.15, 0.2) is 0 Å². The normalized spacial score (nSPS) is 21.1. The van der Waals surface area contributed by atoms with Crippen molar-refractivity contribution < 1.29 is 14.3 Å². The van der Waals surface area contributed by atoms with E-state index in [0.717, 1.165) is 5.56 Å². The summed E-state index contributed by atoms with van der Waals surface area (Å²) in [7, 11) is 0. The Morgan fingerprint density at radius 1 is 1.21 bits per heavy atom. The molecule has 0 amide bonds. The van der Waals surface area contributed by atoms with Crippen LogP contribution in [-0.4, -0.2) is 11.9 Å². The van der Waals surface area contributed by atoms with Gasteiger partial charge in [-0.2, -0.15) is 0 Å². The van der Waals surface area contributed by atoms with Gasteiger partial charge in [0.2, 0.25) is 0 Å². The van der Waals surface area contributed by atoms with Gasteiger partial charge < -0.3 is 4.74 Å². The highest BCUT2D eigenvalue weighted by atomic mass is 35.5. The van der Waals surface area contributed by atoms with E-state index >= 15 is 0 Å². The van der Waals surface area contributed by atoms with Gasteiger partial charge in [0.25, 0.3) is 0 Å². The van der Waals surface area contributed by atoms with E-state index in [1.54, 1.807) is 24.3 Å². The van der Waals surface area contributed by atoms with Gasteiger partial charge in [-0.3, -0.25) is 9.59 Å². The van der Waals surface area contributed by atoms with Crippen LogP contribution in [0, 0.1) is 0 Å². The summed E-state index contributed by atoms with van der Waals surface area (Å²) in [5.41, 5.74) is 0.769. The summed E-state index contributed by atoms with van der Waals surface area (Å²) in [6, 6.07) is 6.83. The van der Waals surface area contributed by atoms with Crippen molar-refractivity contribution in [2.75, 3.05) is 0 Å². The summed E-state index contributed by atoms with van der Waals surface area (Å²) in [6.07, 6.45) is 0.125. The summed E-state index contributed by atoms with van der Waals surface area (Å²) in [6.45, 7) is 0. The van der Waals surface area contributed by atoms with Crippen LogP contribution >= 0.6 is 11.6 Å². The third kappa shape index (κ3) is 1.63. The molecule has 0 spiro atoms. The highest BCUT2D eigenvalue weighted by Crippen LogP contribution is 2.28. The number of halogens is 1. The van der Waals surface area contributed by atoms with E-state index in [9.17, 15) is 9.59 Å². The molecule has 14 heavy (non-hydrogen) atoms. The second kappa shape index (κ2) is 3.42. The van der Waals surface area contributed by atoms with Crippen molar-refractivity contribution in [3.8, 4) is 0 Å².